The number of ether oxygens (including phenoxy) is 2. The smallest absolute Gasteiger partial charge is 0.350 e. The molecule has 1 N–H and O–H groups in total. The van der Waals surface area contributed by atoms with Gasteiger partial charge in [0.1, 0.15) is 11.8 Å². The van der Waals surface area contributed by atoms with Gasteiger partial charge in [-0.1, -0.05) is 6.07 Å². The quantitative estimate of drug-likeness (QED) is 0.486. The summed E-state index contributed by atoms with van der Waals surface area (Å²) in [5.41, 5.74) is 0.608. The number of benzene rings is 1. The van der Waals surface area contributed by atoms with E-state index in [-0.39, 0.29) is 5.57 Å². The number of methoxy groups -OCH3 is 2. The highest BCUT2D eigenvalue weighted by molar-refractivity contribution is 5.93. The van der Waals surface area contributed by atoms with Gasteiger partial charge in [0.15, 0.2) is 5.57 Å². The molecule has 0 heterocycles. The molecule has 0 amide bonds. The molecule has 1 aromatic carbocycles. The van der Waals surface area contributed by atoms with Gasteiger partial charge in [-0.05, 0) is 12.1 Å². The molecule has 0 saturated carbocycles. The lowest BCUT2D eigenvalue weighted by Gasteiger charge is -2.04. The first-order valence-electron chi connectivity index (χ1n) is 4.80. The summed E-state index contributed by atoms with van der Waals surface area (Å²) in [4.78, 5) is 11.1. The van der Waals surface area contributed by atoms with Gasteiger partial charge in [0, 0.05) is 18.0 Å². The van der Waals surface area contributed by atoms with Crippen molar-refractivity contribution in [2.45, 2.75) is 0 Å². The minimum absolute atomic E-state index is 0.102. The molecular weight excluding hydrogens is 220 g/mol. The van der Waals surface area contributed by atoms with E-state index in [1.807, 2.05) is 0 Å². The lowest BCUT2D eigenvalue weighted by atomic mass is 10.3. The summed E-state index contributed by atoms with van der Waals surface area (Å²) in [6.07, 6.45) is 1.29. The fourth-order valence-corrected chi connectivity index (χ4v) is 1.12. The van der Waals surface area contributed by atoms with Crippen LogP contribution in [0.25, 0.3) is 0 Å². The SMILES string of the molecule is COC(=O)C(C#N)=CNc1cccc(OC)c1. The van der Waals surface area contributed by atoms with Crippen molar-refractivity contribution in [3.63, 3.8) is 0 Å². The summed E-state index contributed by atoms with van der Waals surface area (Å²) in [5, 5.41) is 11.5. The Hall–Kier alpha value is -2.48. The zero-order chi connectivity index (χ0) is 12.7. The molecule has 17 heavy (non-hydrogen) atoms. The molecule has 88 valence electrons. The van der Waals surface area contributed by atoms with Gasteiger partial charge in [0.2, 0.25) is 0 Å². The van der Waals surface area contributed by atoms with Gasteiger partial charge in [-0.3, -0.25) is 0 Å². The van der Waals surface area contributed by atoms with Crippen LogP contribution in [-0.4, -0.2) is 20.2 Å². The molecule has 0 aliphatic rings. The molecule has 0 spiro atoms. The second-order valence-corrected chi connectivity index (χ2v) is 3.04. The van der Waals surface area contributed by atoms with Gasteiger partial charge in [-0.15, -0.1) is 0 Å². The van der Waals surface area contributed by atoms with Crippen molar-refractivity contribution < 1.29 is 14.3 Å². The van der Waals surface area contributed by atoms with Crippen molar-refractivity contribution in [3.8, 4) is 11.8 Å². The third-order valence-corrected chi connectivity index (χ3v) is 1.98. The van der Waals surface area contributed by atoms with Crippen LogP contribution in [0.15, 0.2) is 36.0 Å². The lowest BCUT2D eigenvalue weighted by Crippen LogP contribution is -2.05. The second-order valence-electron chi connectivity index (χ2n) is 3.04. The predicted molar refractivity (Wildman–Crippen MR) is 62.3 cm³/mol. The summed E-state index contributed by atoms with van der Waals surface area (Å²) in [7, 11) is 2.78. The molecular formula is C12H12N2O3. The van der Waals surface area contributed by atoms with E-state index in [2.05, 4.69) is 10.1 Å². The summed E-state index contributed by atoms with van der Waals surface area (Å²) in [6.45, 7) is 0. The summed E-state index contributed by atoms with van der Waals surface area (Å²) < 4.78 is 9.48. The van der Waals surface area contributed by atoms with Crippen LogP contribution in [0.4, 0.5) is 5.69 Å². The average molecular weight is 232 g/mol. The fraction of sp³-hybridized carbons (Fsp3) is 0.167. The number of rotatable bonds is 4. The monoisotopic (exact) mass is 232 g/mol. The maximum absolute atomic E-state index is 11.1. The number of nitriles is 1. The van der Waals surface area contributed by atoms with Crippen LogP contribution in [0.2, 0.25) is 0 Å². The van der Waals surface area contributed by atoms with Gasteiger partial charge in [-0.2, -0.15) is 5.26 Å². The number of nitrogens with one attached hydrogen (secondary N) is 1. The minimum Gasteiger partial charge on any atom is -0.497 e. The molecule has 0 bridgehead atoms. The number of nitrogens with zero attached hydrogens (tertiary/aromatic N) is 1. The van der Waals surface area contributed by atoms with Gasteiger partial charge in [-0.25, -0.2) is 4.79 Å². The second kappa shape index (κ2) is 6.18. The zero-order valence-corrected chi connectivity index (χ0v) is 9.56. The molecule has 5 nitrogen and oxygen atoms in total. The summed E-state index contributed by atoms with van der Waals surface area (Å²) in [5.74, 6) is 0.00266. The first-order chi connectivity index (χ1) is 8.21. The van der Waals surface area contributed by atoms with Crippen molar-refractivity contribution in [2.75, 3.05) is 19.5 Å². The Bertz CT molecular complexity index is 475. The molecule has 0 aliphatic carbocycles. The average Bonchev–Trinajstić information content (AvgIpc) is 2.39. The van der Waals surface area contributed by atoms with E-state index in [0.29, 0.717) is 11.4 Å². The molecule has 0 atom stereocenters. The maximum Gasteiger partial charge on any atom is 0.350 e. The Morgan fingerprint density at radius 2 is 2.24 bits per heavy atom. The van der Waals surface area contributed by atoms with Crippen LogP contribution in [-0.2, 0) is 9.53 Å². The number of esters is 1. The van der Waals surface area contributed by atoms with E-state index >= 15 is 0 Å². The van der Waals surface area contributed by atoms with Gasteiger partial charge in [0.05, 0.1) is 14.2 Å². The highest BCUT2D eigenvalue weighted by atomic mass is 16.5. The molecule has 0 fully saturated rings. The highest BCUT2D eigenvalue weighted by Crippen LogP contribution is 2.16. The maximum atomic E-state index is 11.1. The van der Waals surface area contributed by atoms with Crippen molar-refractivity contribution in [3.05, 3.63) is 36.0 Å². The van der Waals surface area contributed by atoms with Crippen LogP contribution >= 0.6 is 0 Å². The van der Waals surface area contributed by atoms with Crippen LogP contribution in [0, 0.1) is 11.3 Å². The number of carbonyl (C=O) groups excluding carboxylic acids is 1. The predicted octanol–water partition coefficient (Wildman–Crippen LogP) is 1.69. The van der Waals surface area contributed by atoms with E-state index in [4.69, 9.17) is 10.00 Å². The number of carbonyl (C=O) groups is 1. The Labute approximate surface area is 99.3 Å². The molecule has 0 aliphatic heterocycles. The van der Waals surface area contributed by atoms with E-state index in [0.717, 1.165) is 0 Å². The Kier molecular flexibility index (Phi) is 4.58. The van der Waals surface area contributed by atoms with Gasteiger partial charge >= 0.3 is 5.97 Å². The van der Waals surface area contributed by atoms with E-state index in [9.17, 15) is 4.79 Å². The molecule has 0 unspecified atom stereocenters. The standard InChI is InChI=1S/C12H12N2O3/c1-16-11-5-3-4-10(6-11)14-8-9(7-13)12(15)17-2/h3-6,8,14H,1-2H3. The van der Waals surface area contributed by atoms with Gasteiger partial charge in [0.25, 0.3) is 0 Å². The molecule has 1 rings (SSSR count). The van der Waals surface area contributed by atoms with Crippen LogP contribution in [0.5, 0.6) is 5.75 Å². The Balaban J connectivity index is 2.81. The van der Waals surface area contributed by atoms with E-state index in [1.165, 1.54) is 13.3 Å². The zero-order valence-electron chi connectivity index (χ0n) is 9.56. The lowest BCUT2D eigenvalue weighted by molar-refractivity contribution is -0.135. The summed E-state index contributed by atoms with van der Waals surface area (Å²) >= 11 is 0. The van der Waals surface area contributed by atoms with Gasteiger partial charge < -0.3 is 14.8 Å². The number of hydrogen-bond acceptors (Lipinski definition) is 5. The van der Waals surface area contributed by atoms with Crippen LogP contribution in [0.3, 0.4) is 0 Å². The van der Waals surface area contributed by atoms with Crippen molar-refractivity contribution in [2.24, 2.45) is 0 Å². The Morgan fingerprint density at radius 3 is 2.82 bits per heavy atom. The first-order valence-corrected chi connectivity index (χ1v) is 4.80. The summed E-state index contributed by atoms with van der Waals surface area (Å²) in [6, 6.07) is 8.85. The van der Waals surface area contributed by atoms with Crippen molar-refractivity contribution >= 4 is 11.7 Å². The third kappa shape index (κ3) is 3.54. The Morgan fingerprint density at radius 1 is 1.47 bits per heavy atom. The molecule has 0 radical (unpaired) electrons. The van der Waals surface area contributed by atoms with E-state index < -0.39 is 5.97 Å². The number of hydrogen-bond donors (Lipinski definition) is 1. The first kappa shape index (κ1) is 12.6. The molecule has 0 saturated heterocycles. The normalized spacial score (nSPS) is 10.3. The topological polar surface area (TPSA) is 71.4 Å². The minimum atomic E-state index is -0.678. The third-order valence-electron chi connectivity index (χ3n) is 1.98. The van der Waals surface area contributed by atoms with Crippen molar-refractivity contribution in [1.82, 2.24) is 0 Å². The fourth-order valence-electron chi connectivity index (χ4n) is 1.12. The highest BCUT2D eigenvalue weighted by Gasteiger charge is 2.07. The largest absolute Gasteiger partial charge is 0.497 e. The van der Waals surface area contributed by atoms with Crippen LogP contribution < -0.4 is 10.1 Å². The van der Waals surface area contributed by atoms with E-state index in [1.54, 1.807) is 37.4 Å². The number of anilines is 1. The molecule has 5 heteroatoms. The molecule has 1 aromatic rings. The van der Waals surface area contributed by atoms with Crippen LogP contribution in [0.1, 0.15) is 0 Å². The van der Waals surface area contributed by atoms with Crippen molar-refractivity contribution in [1.29, 1.82) is 5.26 Å². The molecule has 0 aromatic heterocycles.